The number of carbonyl (C=O) groups is 1. The maximum atomic E-state index is 12.2. The fraction of sp³-hybridized carbons (Fsp3) is 0.333. The molecule has 0 unspecified atom stereocenters. The number of hydrogen-bond acceptors (Lipinski definition) is 3. The van der Waals surface area contributed by atoms with Crippen LogP contribution in [0.5, 0.6) is 0 Å². The standard InChI is InChI=1S/C9H9F2NO2/c1-14-8(13)3-6-2-7(9(10)11)5-12-4-6/h2,4-5,9H,3H2,1H3. The van der Waals surface area contributed by atoms with Crippen molar-refractivity contribution in [1.29, 1.82) is 0 Å². The van der Waals surface area contributed by atoms with E-state index in [1.165, 1.54) is 19.4 Å². The van der Waals surface area contributed by atoms with E-state index in [4.69, 9.17) is 0 Å². The van der Waals surface area contributed by atoms with Gasteiger partial charge in [0.25, 0.3) is 6.43 Å². The SMILES string of the molecule is COC(=O)Cc1cncc(C(F)F)c1. The van der Waals surface area contributed by atoms with Crippen molar-refractivity contribution in [1.82, 2.24) is 4.98 Å². The van der Waals surface area contributed by atoms with Crippen LogP contribution in [0.25, 0.3) is 0 Å². The molecule has 5 heteroatoms. The average molecular weight is 201 g/mol. The molecule has 1 aromatic rings. The Morgan fingerprint density at radius 1 is 1.57 bits per heavy atom. The van der Waals surface area contributed by atoms with E-state index < -0.39 is 12.4 Å². The van der Waals surface area contributed by atoms with Crippen LogP contribution in [0.2, 0.25) is 0 Å². The number of nitrogens with zero attached hydrogens (tertiary/aromatic N) is 1. The Balaban J connectivity index is 2.78. The van der Waals surface area contributed by atoms with Crippen molar-refractivity contribution >= 4 is 5.97 Å². The maximum absolute atomic E-state index is 12.2. The molecule has 14 heavy (non-hydrogen) atoms. The molecule has 3 nitrogen and oxygen atoms in total. The first-order valence-electron chi connectivity index (χ1n) is 3.92. The smallest absolute Gasteiger partial charge is 0.310 e. The van der Waals surface area contributed by atoms with Gasteiger partial charge in [-0.15, -0.1) is 0 Å². The van der Waals surface area contributed by atoms with Crippen LogP contribution in [0.1, 0.15) is 17.6 Å². The van der Waals surface area contributed by atoms with Crippen molar-refractivity contribution in [2.75, 3.05) is 7.11 Å². The molecule has 0 spiro atoms. The molecule has 0 atom stereocenters. The molecule has 1 rings (SSSR count). The van der Waals surface area contributed by atoms with Gasteiger partial charge in [-0.05, 0) is 11.6 Å². The van der Waals surface area contributed by atoms with Gasteiger partial charge >= 0.3 is 5.97 Å². The molecule has 0 aliphatic heterocycles. The number of carbonyl (C=O) groups excluding carboxylic acids is 1. The number of esters is 1. The predicted molar refractivity (Wildman–Crippen MR) is 44.9 cm³/mol. The number of pyridine rings is 1. The molecule has 1 aromatic heterocycles. The minimum atomic E-state index is -2.57. The van der Waals surface area contributed by atoms with Gasteiger partial charge in [0.2, 0.25) is 0 Å². The monoisotopic (exact) mass is 201 g/mol. The van der Waals surface area contributed by atoms with Gasteiger partial charge in [0.1, 0.15) is 0 Å². The van der Waals surface area contributed by atoms with Crippen molar-refractivity contribution in [3.05, 3.63) is 29.6 Å². The zero-order valence-electron chi connectivity index (χ0n) is 7.54. The van der Waals surface area contributed by atoms with Gasteiger partial charge in [0, 0.05) is 18.0 Å². The summed E-state index contributed by atoms with van der Waals surface area (Å²) < 4.78 is 28.8. The van der Waals surface area contributed by atoms with Gasteiger partial charge < -0.3 is 4.74 Å². The van der Waals surface area contributed by atoms with E-state index in [1.54, 1.807) is 0 Å². The number of methoxy groups -OCH3 is 1. The summed E-state index contributed by atoms with van der Waals surface area (Å²) >= 11 is 0. The van der Waals surface area contributed by atoms with Gasteiger partial charge in [0.15, 0.2) is 0 Å². The highest BCUT2D eigenvalue weighted by Gasteiger charge is 2.09. The number of alkyl halides is 2. The lowest BCUT2D eigenvalue weighted by atomic mass is 10.1. The van der Waals surface area contributed by atoms with Crippen LogP contribution in [0.15, 0.2) is 18.5 Å². The van der Waals surface area contributed by atoms with Crippen LogP contribution < -0.4 is 0 Å². The van der Waals surface area contributed by atoms with Crippen molar-refractivity contribution < 1.29 is 18.3 Å². The lowest BCUT2D eigenvalue weighted by Gasteiger charge is -2.02. The van der Waals surface area contributed by atoms with E-state index in [9.17, 15) is 13.6 Å². The van der Waals surface area contributed by atoms with Crippen LogP contribution in [0.4, 0.5) is 8.78 Å². The number of halogens is 2. The van der Waals surface area contributed by atoms with E-state index in [-0.39, 0.29) is 12.0 Å². The second kappa shape index (κ2) is 4.64. The zero-order chi connectivity index (χ0) is 10.6. The Morgan fingerprint density at radius 3 is 2.86 bits per heavy atom. The fourth-order valence-electron chi connectivity index (χ4n) is 0.963. The first-order valence-corrected chi connectivity index (χ1v) is 3.92. The molecule has 0 bridgehead atoms. The minimum Gasteiger partial charge on any atom is -0.469 e. The second-order valence-electron chi connectivity index (χ2n) is 2.68. The lowest BCUT2D eigenvalue weighted by molar-refractivity contribution is -0.139. The van der Waals surface area contributed by atoms with E-state index in [2.05, 4.69) is 9.72 Å². The van der Waals surface area contributed by atoms with Crippen LogP contribution in [-0.4, -0.2) is 18.1 Å². The van der Waals surface area contributed by atoms with Gasteiger partial charge in [-0.2, -0.15) is 0 Å². The summed E-state index contributed by atoms with van der Waals surface area (Å²) in [6.45, 7) is 0. The largest absolute Gasteiger partial charge is 0.469 e. The fourth-order valence-corrected chi connectivity index (χ4v) is 0.963. The summed E-state index contributed by atoms with van der Waals surface area (Å²) in [4.78, 5) is 14.4. The molecule has 0 fully saturated rings. The van der Waals surface area contributed by atoms with Crippen molar-refractivity contribution in [2.24, 2.45) is 0 Å². The van der Waals surface area contributed by atoms with Gasteiger partial charge in [-0.3, -0.25) is 9.78 Å². The Hall–Kier alpha value is -1.52. The third-order valence-corrected chi connectivity index (χ3v) is 1.64. The second-order valence-corrected chi connectivity index (χ2v) is 2.68. The molecule has 0 radical (unpaired) electrons. The summed E-state index contributed by atoms with van der Waals surface area (Å²) in [5.74, 6) is -0.474. The molecular formula is C9H9F2NO2. The molecule has 0 amide bonds. The van der Waals surface area contributed by atoms with Gasteiger partial charge in [0.05, 0.1) is 13.5 Å². The van der Waals surface area contributed by atoms with Crippen LogP contribution in [0, 0.1) is 0 Å². The Bertz CT molecular complexity index is 328. The normalized spacial score (nSPS) is 10.3. The quantitative estimate of drug-likeness (QED) is 0.699. The van der Waals surface area contributed by atoms with Crippen molar-refractivity contribution in [2.45, 2.75) is 12.8 Å². The molecule has 0 N–H and O–H groups in total. The third kappa shape index (κ3) is 2.76. The Morgan fingerprint density at radius 2 is 2.29 bits per heavy atom. The maximum Gasteiger partial charge on any atom is 0.310 e. The predicted octanol–water partition coefficient (Wildman–Crippen LogP) is 1.73. The molecular weight excluding hydrogens is 192 g/mol. The first-order chi connectivity index (χ1) is 6.63. The molecule has 1 heterocycles. The lowest BCUT2D eigenvalue weighted by Crippen LogP contribution is -2.05. The topological polar surface area (TPSA) is 39.2 Å². The highest BCUT2D eigenvalue weighted by atomic mass is 19.3. The van der Waals surface area contributed by atoms with E-state index in [1.807, 2.05) is 0 Å². The minimum absolute atomic E-state index is 0.0376. The number of aromatic nitrogens is 1. The van der Waals surface area contributed by atoms with Gasteiger partial charge in [-0.25, -0.2) is 8.78 Å². The number of rotatable bonds is 3. The summed E-state index contributed by atoms with van der Waals surface area (Å²) in [5.41, 5.74) is 0.237. The first kappa shape index (κ1) is 10.6. The molecule has 0 aliphatic rings. The summed E-state index contributed by atoms with van der Waals surface area (Å²) in [5, 5.41) is 0. The Kier molecular flexibility index (Phi) is 3.50. The average Bonchev–Trinajstić information content (AvgIpc) is 2.18. The van der Waals surface area contributed by atoms with Crippen LogP contribution in [-0.2, 0) is 16.0 Å². The molecule has 0 aromatic carbocycles. The van der Waals surface area contributed by atoms with E-state index >= 15 is 0 Å². The highest BCUT2D eigenvalue weighted by molar-refractivity contribution is 5.72. The van der Waals surface area contributed by atoms with E-state index in [0.717, 1.165) is 6.20 Å². The zero-order valence-corrected chi connectivity index (χ0v) is 7.54. The summed E-state index contributed by atoms with van der Waals surface area (Å²) in [6, 6.07) is 1.24. The third-order valence-electron chi connectivity index (χ3n) is 1.64. The summed E-state index contributed by atoms with van der Waals surface area (Å²) in [6.07, 6.45) is -0.168. The number of ether oxygens (including phenoxy) is 1. The summed E-state index contributed by atoms with van der Waals surface area (Å²) in [7, 11) is 1.24. The van der Waals surface area contributed by atoms with Crippen molar-refractivity contribution in [3.8, 4) is 0 Å². The highest BCUT2D eigenvalue weighted by Crippen LogP contribution is 2.18. The van der Waals surface area contributed by atoms with Crippen LogP contribution >= 0.6 is 0 Å². The van der Waals surface area contributed by atoms with E-state index in [0.29, 0.717) is 5.56 Å². The molecule has 0 aliphatic carbocycles. The van der Waals surface area contributed by atoms with Gasteiger partial charge in [-0.1, -0.05) is 0 Å². The van der Waals surface area contributed by atoms with Crippen molar-refractivity contribution in [3.63, 3.8) is 0 Å². The molecule has 0 saturated heterocycles. The number of hydrogen-bond donors (Lipinski definition) is 0. The van der Waals surface area contributed by atoms with Crippen LogP contribution in [0.3, 0.4) is 0 Å². The molecule has 76 valence electrons. The molecule has 0 saturated carbocycles. The Labute approximate surface area is 79.7 Å².